The van der Waals surface area contributed by atoms with Gasteiger partial charge >= 0.3 is 0 Å². The summed E-state index contributed by atoms with van der Waals surface area (Å²) in [6.07, 6.45) is 0.599. The van der Waals surface area contributed by atoms with Gasteiger partial charge in [0, 0.05) is 5.56 Å². The summed E-state index contributed by atoms with van der Waals surface area (Å²) in [5.41, 5.74) is 1.43. The monoisotopic (exact) mass is 214 g/mol. The molecule has 0 aliphatic heterocycles. The van der Waals surface area contributed by atoms with Crippen molar-refractivity contribution in [1.82, 2.24) is 0 Å². The maximum Gasteiger partial charge on any atom is 0.153 e. The number of aromatic hydroxyl groups is 2. The fourth-order valence-electron chi connectivity index (χ4n) is 1.56. The van der Waals surface area contributed by atoms with Crippen LogP contribution in [0.2, 0.25) is 0 Å². The molecule has 2 aromatic carbocycles. The van der Waals surface area contributed by atoms with Crippen molar-refractivity contribution in [2.24, 2.45) is 0 Å². The van der Waals surface area contributed by atoms with E-state index in [4.69, 9.17) is 0 Å². The van der Waals surface area contributed by atoms with Gasteiger partial charge in [-0.15, -0.1) is 0 Å². The molecule has 0 saturated heterocycles. The molecule has 3 nitrogen and oxygen atoms in total. The third-order valence-electron chi connectivity index (χ3n) is 2.35. The Hall–Kier alpha value is -2.29. The third kappa shape index (κ3) is 1.75. The van der Waals surface area contributed by atoms with Crippen molar-refractivity contribution < 1.29 is 15.0 Å². The predicted molar refractivity (Wildman–Crippen MR) is 60.6 cm³/mol. The van der Waals surface area contributed by atoms with E-state index in [2.05, 4.69) is 0 Å². The Labute approximate surface area is 92.6 Å². The van der Waals surface area contributed by atoms with Gasteiger partial charge in [0.2, 0.25) is 0 Å². The number of carbonyl (C=O) groups excluding carboxylic acids is 1. The molecule has 0 spiro atoms. The van der Waals surface area contributed by atoms with Gasteiger partial charge in [-0.25, -0.2) is 0 Å². The lowest BCUT2D eigenvalue weighted by atomic mass is 10.0. The van der Waals surface area contributed by atoms with Crippen molar-refractivity contribution in [1.29, 1.82) is 0 Å². The first-order valence-corrected chi connectivity index (χ1v) is 4.79. The van der Waals surface area contributed by atoms with Gasteiger partial charge in [0.15, 0.2) is 6.29 Å². The molecule has 2 aromatic rings. The van der Waals surface area contributed by atoms with Crippen LogP contribution in [-0.4, -0.2) is 16.5 Å². The minimum Gasteiger partial charge on any atom is -0.508 e. The van der Waals surface area contributed by atoms with Gasteiger partial charge in [-0.1, -0.05) is 24.3 Å². The minimum absolute atomic E-state index is 0.0666. The number of carbonyl (C=O) groups is 1. The molecule has 0 bridgehead atoms. The van der Waals surface area contributed by atoms with Crippen molar-refractivity contribution in [3.8, 4) is 22.6 Å². The van der Waals surface area contributed by atoms with Crippen LogP contribution < -0.4 is 0 Å². The van der Waals surface area contributed by atoms with E-state index in [1.807, 2.05) is 0 Å². The van der Waals surface area contributed by atoms with Crippen molar-refractivity contribution >= 4 is 6.29 Å². The molecule has 0 fully saturated rings. The van der Waals surface area contributed by atoms with Crippen molar-refractivity contribution in [3.63, 3.8) is 0 Å². The maximum absolute atomic E-state index is 10.7. The fraction of sp³-hybridized carbons (Fsp3) is 0. The van der Waals surface area contributed by atoms with E-state index in [1.165, 1.54) is 12.1 Å². The lowest BCUT2D eigenvalue weighted by molar-refractivity contribution is 0.112. The number of hydrogen-bond donors (Lipinski definition) is 2. The van der Waals surface area contributed by atoms with Crippen LogP contribution in [0, 0.1) is 0 Å². The van der Waals surface area contributed by atoms with E-state index < -0.39 is 0 Å². The molecule has 2 rings (SSSR count). The second kappa shape index (κ2) is 4.06. The van der Waals surface area contributed by atoms with Crippen LogP contribution in [0.5, 0.6) is 11.5 Å². The minimum atomic E-state index is -0.0666. The highest BCUT2D eigenvalue weighted by atomic mass is 16.3. The number of hydrogen-bond acceptors (Lipinski definition) is 3. The van der Waals surface area contributed by atoms with Crippen LogP contribution >= 0.6 is 0 Å². The Morgan fingerprint density at radius 2 is 1.75 bits per heavy atom. The zero-order valence-corrected chi connectivity index (χ0v) is 8.42. The number of para-hydroxylation sites is 1. The summed E-state index contributed by atoms with van der Waals surface area (Å²) >= 11 is 0. The molecule has 80 valence electrons. The summed E-state index contributed by atoms with van der Waals surface area (Å²) in [6, 6.07) is 11.4. The molecule has 3 heteroatoms. The van der Waals surface area contributed by atoms with Crippen LogP contribution in [0.15, 0.2) is 42.5 Å². The molecule has 16 heavy (non-hydrogen) atoms. The van der Waals surface area contributed by atoms with Gasteiger partial charge < -0.3 is 10.2 Å². The molecule has 0 unspecified atom stereocenters. The van der Waals surface area contributed by atoms with E-state index in [9.17, 15) is 15.0 Å². The number of phenolic OH excluding ortho intramolecular Hbond substituents is 2. The molecular formula is C13H10O3. The molecule has 0 radical (unpaired) electrons. The highest BCUT2D eigenvalue weighted by Gasteiger charge is 2.08. The smallest absolute Gasteiger partial charge is 0.153 e. The number of benzene rings is 2. The standard InChI is InChI=1S/C13H10O3/c14-8-10-4-2-6-12(13(10)16)9-3-1-5-11(15)7-9/h1-8,15-16H. The Morgan fingerprint density at radius 1 is 1.00 bits per heavy atom. The number of rotatable bonds is 2. The molecule has 0 aliphatic rings. The molecular weight excluding hydrogens is 204 g/mol. The van der Waals surface area contributed by atoms with Crippen LogP contribution in [0.25, 0.3) is 11.1 Å². The summed E-state index contributed by atoms with van der Waals surface area (Å²) in [5.74, 6) is 0.0523. The van der Waals surface area contributed by atoms with E-state index in [1.54, 1.807) is 30.3 Å². The first-order chi connectivity index (χ1) is 7.72. The van der Waals surface area contributed by atoms with Crippen molar-refractivity contribution in [2.75, 3.05) is 0 Å². The van der Waals surface area contributed by atoms with E-state index >= 15 is 0 Å². The van der Waals surface area contributed by atoms with Gasteiger partial charge in [-0.05, 0) is 23.8 Å². The topological polar surface area (TPSA) is 57.5 Å². The first-order valence-electron chi connectivity index (χ1n) is 4.79. The van der Waals surface area contributed by atoms with Crippen molar-refractivity contribution in [3.05, 3.63) is 48.0 Å². The second-order valence-corrected chi connectivity index (χ2v) is 3.41. The lowest BCUT2D eigenvalue weighted by Crippen LogP contribution is -1.85. The number of phenols is 2. The summed E-state index contributed by atoms with van der Waals surface area (Å²) in [6.45, 7) is 0. The maximum atomic E-state index is 10.7. The van der Waals surface area contributed by atoms with Gasteiger partial charge in [-0.3, -0.25) is 4.79 Å². The molecule has 0 aliphatic carbocycles. The molecule has 0 heterocycles. The average Bonchev–Trinajstić information content (AvgIpc) is 2.29. The largest absolute Gasteiger partial charge is 0.508 e. The fourth-order valence-corrected chi connectivity index (χ4v) is 1.56. The molecule has 0 saturated carbocycles. The van der Waals surface area contributed by atoms with E-state index in [0.29, 0.717) is 17.4 Å². The summed E-state index contributed by atoms with van der Waals surface area (Å²) in [5, 5.41) is 19.2. The first kappa shape index (κ1) is 10.2. The molecule has 0 atom stereocenters. The van der Waals surface area contributed by atoms with Crippen molar-refractivity contribution in [2.45, 2.75) is 0 Å². The third-order valence-corrected chi connectivity index (χ3v) is 2.35. The quantitative estimate of drug-likeness (QED) is 0.755. The zero-order chi connectivity index (χ0) is 11.5. The van der Waals surface area contributed by atoms with Crippen LogP contribution in [0.1, 0.15) is 10.4 Å². The van der Waals surface area contributed by atoms with Gasteiger partial charge in [0.05, 0.1) is 5.56 Å². The SMILES string of the molecule is O=Cc1cccc(-c2cccc(O)c2)c1O. The second-order valence-electron chi connectivity index (χ2n) is 3.41. The summed E-state index contributed by atoms with van der Waals surface area (Å²) in [4.78, 5) is 10.7. The Morgan fingerprint density at radius 3 is 2.44 bits per heavy atom. The van der Waals surface area contributed by atoms with Gasteiger partial charge in [0.1, 0.15) is 11.5 Å². The Balaban J connectivity index is 2.60. The number of aldehydes is 1. The Kier molecular flexibility index (Phi) is 2.60. The van der Waals surface area contributed by atoms with Crippen LogP contribution in [0.4, 0.5) is 0 Å². The van der Waals surface area contributed by atoms with E-state index in [-0.39, 0.29) is 17.1 Å². The lowest BCUT2D eigenvalue weighted by Gasteiger charge is -2.06. The van der Waals surface area contributed by atoms with Crippen LogP contribution in [0.3, 0.4) is 0 Å². The zero-order valence-electron chi connectivity index (χ0n) is 8.42. The van der Waals surface area contributed by atoms with Gasteiger partial charge in [-0.2, -0.15) is 0 Å². The van der Waals surface area contributed by atoms with Gasteiger partial charge in [0.25, 0.3) is 0 Å². The highest BCUT2D eigenvalue weighted by molar-refractivity contribution is 5.85. The summed E-state index contributed by atoms with van der Waals surface area (Å²) < 4.78 is 0. The normalized spacial score (nSPS) is 10.0. The molecule has 2 N–H and O–H groups in total. The summed E-state index contributed by atoms with van der Waals surface area (Å²) in [7, 11) is 0. The molecule has 0 aromatic heterocycles. The van der Waals surface area contributed by atoms with Crippen LogP contribution in [-0.2, 0) is 0 Å². The highest BCUT2D eigenvalue weighted by Crippen LogP contribution is 2.32. The Bertz CT molecular complexity index is 532. The molecule has 0 amide bonds. The average molecular weight is 214 g/mol. The predicted octanol–water partition coefficient (Wildman–Crippen LogP) is 2.58. The van der Waals surface area contributed by atoms with E-state index in [0.717, 1.165) is 0 Å².